The number of fused-ring (bicyclic) bond motifs is 4. The van der Waals surface area contributed by atoms with E-state index in [-0.39, 0.29) is 35.3 Å². The first-order valence-corrected chi connectivity index (χ1v) is 12.6. The number of imide groups is 2. The molecule has 2 aliphatic heterocycles. The molecule has 0 radical (unpaired) electrons. The van der Waals surface area contributed by atoms with Crippen molar-refractivity contribution in [3.63, 3.8) is 0 Å². The molecule has 4 amide bonds. The van der Waals surface area contributed by atoms with Gasteiger partial charge in [-0.2, -0.15) is 0 Å². The molecule has 2 saturated heterocycles. The smallest absolute Gasteiger partial charge is 0.233 e. The number of allylic oxidation sites excluding steroid dienone is 2. The number of phenols is 1. The van der Waals surface area contributed by atoms with Crippen LogP contribution in [0, 0.1) is 29.6 Å². The van der Waals surface area contributed by atoms with Gasteiger partial charge < -0.3 is 9.84 Å². The SMILES string of the molecule is CN1C(=O)C2CC=C3C(CC4C(=O)N(C)C(=O)C4C3c3ccc(OCc4ccccc4)cc3O)C2C1=O. The fourth-order valence-electron chi connectivity index (χ4n) is 6.87. The van der Waals surface area contributed by atoms with E-state index in [2.05, 4.69) is 0 Å². The van der Waals surface area contributed by atoms with Crippen molar-refractivity contribution in [1.82, 2.24) is 9.80 Å². The van der Waals surface area contributed by atoms with Crippen LogP contribution >= 0.6 is 0 Å². The standard InChI is InChI=1S/C29H28N2O6/c1-30-26(33)19-11-10-17-20(24(19)28(30)35)13-21-25(29(36)31(2)27(21)34)23(17)18-9-8-16(12-22(18)32)37-14-15-6-4-3-5-7-15/h3-10,12,19-21,23-25,32H,11,13-14H2,1-2H3. The molecule has 8 heteroatoms. The fraction of sp³-hybridized carbons (Fsp3) is 0.379. The minimum absolute atomic E-state index is 0.0290. The maximum absolute atomic E-state index is 13.3. The number of rotatable bonds is 4. The number of carbonyl (C=O) groups is 4. The molecule has 0 spiro atoms. The van der Waals surface area contributed by atoms with Crippen LogP contribution < -0.4 is 4.74 Å². The van der Waals surface area contributed by atoms with Gasteiger partial charge in [-0.15, -0.1) is 0 Å². The third kappa shape index (κ3) is 3.49. The van der Waals surface area contributed by atoms with Crippen molar-refractivity contribution < 1.29 is 29.0 Å². The number of amides is 4. The van der Waals surface area contributed by atoms with E-state index in [0.717, 1.165) is 11.1 Å². The number of hydrogen-bond donors (Lipinski definition) is 1. The molecular weight excluding hydrogens is 472 g/mol. The largest absolute Gasteiger partial charge is 0.508 e. The van der Waals surface area contributed by atoms with Crippen LogP contribution in [0.4, 0.5) is 0 Å². The first kappa shape index (κ1) is 23.5. The Hall–Kier alpha value is -3.94. The van der Waals surface area contributed by atoms with Gasteiger partial charge in [0.25, 0.3) is 0 Å². The van der Waals surface area contributed by atoms with E-state index in [1.807, 2.05) is 36.4 Å². The van der Waals surface area contributed by atoms with E-state index in [4.69, 9.17) is 4.74 Å². The summed E-state index contributed by atoms with van der Waals surface area (Å²) in [5, 5.41) is 11.1. The summed E-state index contributed by atoms with van der Waals surface area (Å²) in [6.45, 7) is 0.339. The minimum atomic E-state index is -0.663. The molecule has 2 aromatic carbocycles. The predicted octanol–water partition coefficient (Wildman–Crippen LogP) is 2.87. The van der Waals surface area contributed by atoms with Gasteiger partial charge in [0.2, 0.25) is 23.6 Å². The Morgan fingerprint density at radius 1 is 0.838 bits per heavy atom. The molecular formula is C29H28N2O6. The van der Waals surface area contributed by atoms with Crippen molar-refractivity contribution in [1.29, 1.82) is 0 Å². The van der Waals surface area contributed by atoms with Crippen LogP contribution in [-0.2, 0) is 25.8 Å². The summed E-state index contributed by atoms with van der Waals surface area (Å²) < 4.78 is 5.87. The lowest BCUT2D eigenvalue weighted by Gasteiger charge is -2.44. The summed E-state index contributed by atoms with van der Waals surface area (Å²) in [6.07, 6.45) is 2.71. The molecule has 37 heavy (non-hydrogen) atoms. The van der Waals surface area contributed by atoms with Crippen LogP contribution in [-0.4, -0.2) is 52.6 Å². The monoisotopic (exact) mass is 500 g/mol. The van der Waals surface area contributed by atoms with Gasteiger partial charge in [-0.3, -0.25) is 29.0 Å². The highest BCUT2D eigenvalue weighted by Gasteiger charge is 2.61. The van der Waals surface area contributed by atoms with Crippen LogP contribution in [0.15, 0.2) is 60.2 Å². The molecule has 3 fully saturated rings. The third-order valence-corrected chi connectivity index (χ3v) is 8.67. The Morgan fingerprint density at radius 3 is 2.22 bits per heavy atom. The molecule has 6 rings (SSSR count). The van der Waals surface area contributed by atoms with Crippen LogP contribution in [0.1, 0.15) is 29.9 Å². The lowest BCUT2D eigenvalue weighted by molar-refractivity contribution is -0.140. The van der Waals surface area contributed by atoms with E-state index < -0.39 is 29.6 Å². The van der Waals surface area contributed by atoms with Crippen molar-refractivity contribution in [2.45, 2.75) is 25.4 Å². The number of benzene rings is 2. The highest BCUT2D eigenvalue weighted by Crippen LogP contribution is 2.58. The van der Waals surface area contributed by atoms with Gasteiger partial charge in [0.15, 0.2) is 0 Å². The second-order valence-electron chi connectivity index (χ2n) is 10.5. The summed E-state index contributed by atoms with van der Waals surface area (Å²) in [7, 11) is 2.99. The molecule has 8 nitrogen and oxygen atoms in total. The average Bonchev–Trinajstić information content (AvgIpc) is 3.26. The van der Waals surface area contributed by atoms with E-state index in [9.17, 15) is 24.3 Å². The van der Waals surface area contributed by atoms with E-state index in [0.29, 0.717) is 30.8 Å². The second kappa shape index (κ2) is 8.57. The predicted molar refractivity (Wildman–Crippen MR) is 132 cm³/mol. The molecule has 1 N–H and O–H groups in total. The van der Waals surface area contributed by atoms with Crippen molar-refractivity contribution in [2.24, 2.45) is 29.6 Å². The number of aromatic hydroxyl groups is 1. The zero-order chi connectivity index (χ0) is 26.0. The maximum Gasteiger partial charge on any atom is 0.233 e. The van der Waals surface area contributed by atoms with E-state index >= 15 is 0 Å². The Bertz CT molecular complexity index is 1350. The summed E-state index contributed by atoms with van der Waals surface area (Å²) >= 11 is 0. The Morgan fingerprint density at radius 2 is 1.51 bits per heavy atom. The molecule has 2 aromatic rings. The van der Waals surface area contributed by atoms with Gasteiger partial charge >= 0.3 is 0 Å². The summed E-state index contributed by atoms with van der Waals surface area (Å²) in [4.78, 5) is 54.6. The lowest BCUT2D eigenvalue weighted by Crippen LogP contribution is -2.42. The molecule has 4 aliphatic rings. The number of hydrogen-bond acceptors (Lipinski definition) is 6. The fourth-order valence-corrected chi connectivity index (χ4v) is 6.87. The highest BCUT2D eigenvalue weighted by atomic mass is 16.5. The van der Waals surface area contributed by atoms with Crippen molar-refractivity contribution in [3.8, 4) is 11.5 Å². The number of likely N-dealkylation sites (tertiary alicyclic amines) is 2. The Labute approximate surface area is 214 Å². The molecule has 0 bridgehead atoms. The molecule has 2 aliphatic carbocycles. The van der Waals surface area contributed by atoms with E-state index in [1.54, 1.807) is 12.1 Å². The van der Waals surface area contributed by atoms with Crippen LogP contribution in [0.3, 0.4) is 0 Å². The maximum atomic E-state index is 13.3. The summed E-state index contributed by atoms with van der Waals surface area (Å²) in [5.74, 6) is -3.71. The Kier molecular flexibility index (Phi) is 5.44. The molecule has 2 heterocycles. The zero-order valence-corrected chi connectivity index (χ0v) is 20.7. The number of carbonyl (C=O) groups excluding carboxylic acids is 4. The topological polar surface area (TPSA) is 104 Å². The average molecular weight is 501 g/mol. The highest BCUT2D eigenvalue weighted by molar-refractivity contribution is 6.07. The molecule has 190 valence electrons. The number of nitrogens with zero attached hydrogens (tertiary/aromatic N) is 2. The summed E-state index contributed by atoms with van der Waals surface area (Å²) in [5.41, 5.74) is 2.38. The molecule has 6 atom stereocenters. The van der Waals surface area contributed by atoms with Crippen molar-refractivity contribution in [3.05, 3.63) is 71.3 Å². The summed E-state index contributed by atoms with van der Waals surface area (Å²) in [6, 6.07) is 14.7. The molecule has 6 unspecified atom stereocenters. The van der Waals surface area contributed by atoms with Gasteiger partial charge in [0.05, 0.1) is 23.7 Å². The van der Waals surface area contributed by atoms with Crippen molar-refractivity contribution in [2.75, 3.05) is 14.1 Å². The number of ether oxygens (including phenoxy) is 1. The lowest BCUT2D eigenvalue weighted by atomic mass is 9.57. The zero-order valence-electron chi connectivity index (χ0n) is 20.7. The second-order valence-corrected chi connectivity index (χ2v) is 10.5. The van der Waals surface area contributed by atoms with Crippen LogP contribution in [0.2, 0.25) is 0 Å². The first-order chi connectivity index (χ1) is 17.8. The van der Waals surface area contributed by atoms with Crippen LogP contribution in [0.25, 0.3) is 0 Å². The third-order valence-electron chi connectivity index (χ3n) is 8.67. The van der Waals surface area contributed by atoms with Crippen molar-refractivity contribution >= 4 is 23.6 Å². The minimum Gasteiger partial charge on any atom is -0.508 e. The molecule has 1 saturated carbocycles. The van der Waals surface area contributed by atoms with E-state index in [1.165, 1.54) is 30.0 Å². The van der Waals surface area contributed by atoms with Gasteiger partial charge in [-0.1, -0.05) is 48.0 Å². The number of phenolic OH excluding ortho intramolecular Hbond substituents is 1. The molecule has 0 aromatic heterocycles. The van der Waals surface area contributed by atoms with Gasteiger partial charge in [0.1, 0.15) is 18.1 Å². The quantitative estimate of drug-likeness (QED) is 0.512. The van der Waals surface area contributed by atoms with Crippen LogP contribution in [0.5, 0.6) is 11.5 Å². The van der Waals surface area contributed by atoms with Gasteiger partial charge in [0, 0.05) is 31.6 Å². The normalized spacial score (nSPS) is 30.7. The van der Waals surface area contributed by atoms with Gasteiger partial charge in [-0.25, -0.2) is 0 Å². The first-order valence-electron chi connectivity index (χ1n) is 12.6. The Balaban J connectivity index is 1.38. The van der Waals surface area contributed by atoms with Gasteiger partial charge in [-0.05, 0) is 30.4 Å².